The second-order valence-electron chi connectivity index (χ2n) is 10.9. The highest BCUT2D eigenvalue weighted by Crippen LogP contribution is 2.24. The van der Waals surface area contributed by atoms with Gasteiger partial charge in [0.05, 0.1) is 5.52 Å². The zero-order valence-electron chi connectivity index (χ0n) is 21.7. The summed E-state index contributed by atoms with van der Waals surface area (Å²) in [5.74, 6) is 0.0311. The number of benzene rings is 2. The molecule has 0 aliphatic carbocycles. The highest BCUT2D eigenvalue weighted by Gasteiger charge is 2.30. The van der Waals surface area contributed by atoms with Gasteiger partial charge in [0, 0.05) is 69.4 Å². The number of carbonyl (C=O) groups is 2. The maximum atomic E-state index is 12.9. The summed E-state index contributed by atoms with van der Waals surface area (Å²) in [6, 6.07) is 15.9. The molecule has 1 aromatic heterocycles. The lowest BCUT2D eigenvalue weighted by Gasteiger charge is -2.40. The third-order valence-corrected chi connectivity index (χ3v) is 7.10. The van der Waals surface area contributed by atoms with Gasteiger partial charge in [-0.2, -0.15) is 0 Å². The maximum absolute atomic E-state index is 12.9. The van der Waals surface area contributed by atoms with Crippen LogP contribution in [0.1, 0.15) is 54.0 Å². The largest absolute Gasteiger partial charge is 0.347 e. The van der Waals surface area contributed by atoms with Crippen LogP contribution in [-0.4, -0.2) is 64.9 Å². The van der Waals surface area contributed by atoms with E-state index < -0.39 is 0 Å². The summed E-state index contributed by atoms with van der Waals surface area (Å²) in [7, 11) is 0. The molecule has 1 aliphatic rings. The molecule has 0 spiro atoms. The van der Waals surface area contributed by atoms with Gasteiger partial charge < -0.3 is 5.32 Å². The fourth-order valence-corrected chi connectivity index (χ4v) is 4.75. The monoisotopic (exact) mass is 474 g/mol. The first-order valence-electron chi connectivity index (χ1n) is 12.5. The van der Waals surface area contributed by atoms with E-state index in [9.17, 15) is 9.59 Å². The van der Waals surface area contributed by atoms with Gasteiger partial charge in [-0.1, -0.05) is 56.7 Å². The van der Waals surface area contributed by atoms with Gasteiger partial charge in [-0.05, 0) is 36.1 Å². The van der Waals surface area contributed by atoms with E-state index in [0.717, 1.165) is 55.7 Å². The number of aromatic nitrogens is 1. The molecule has 6 heteroatoms. The number of amides is 1. The Balaban J connectivity index is 1.37. The molecule has 1 aliphatic heterocycles. The summed E-state index contributed by atoms with van der Waals surface area (Å²) < 4.78 is 1.76. The first-order valence-corrected chi connectivity index (χ1v) is 12.5. The Kier molecular flexibility index (Phi) is 7.43. The average molecular weight is 475 g/mol. The van der Waals surface area contributed by atoms with Crippen LogP contribution in [-0.2, 0) is 6.54 Å². The Morgan fingerprint density at radius 2 is 1.57 bits per heavy atom. The van der Waals surface area contributed by atoms with E-state index in [0.29, 0.717) is 5.56 Å². The molecular formula is C29H38N4O2. The normalized spacial score (nSPS) is 16.4. The molecule has 0 unspecified atom stereocenters. The fraction of sp³-hybridized carbons (Fsp3) is 0.448. The second-order valence-corrected chi connectivity index (χ2v) is 10.9. The molecule has 1 N–H and O–H groups in total. The van der Waals surface area contributed by atoms with Crippen molar-refractivity contribution in [3.05, 3.63) is 71.4 Å². The summed E-state index contributed by atoms with van der Waals surface area (Å²) in [5, 5.41) is 4.45. The van der Waals surface area contributed by atoms with Gasteiger partial charge in [-0.3, -0.25) is 24.0 Å². The number of piperazine rings is 1. The first-order chi connectivity index (χ1) is 16.6. The van der Waals surface area contributed by atoms with Crippen molar-refractivity contribution < 1.29 is 9.59 Å². The lowest BCUT2D eigenvalue weighted by molar-refractivity contribution is 0.0791. The van der Waals surface area contributed by atoms with Crippen molar-refractivity contribution in [1.29, 1.82) is 0 Å². The quantitative estimate of drug-likeness (QED) is 0.569. The van der Waals surface area contributed by atoms with Gasteiger partial charge in [0.15, 0.2) is 0 Å². The van der Waals surface area contributed by atoms with Gasteiger partial charge in [-0.15, -0.1) is 0 Å². The van der Waals surface area contributed by atoms with Gasteiger partial charge in [-0.25, -0.2) is 0 Å². The minimum absolute atomic E-state index is 0.00887. The van der Waals surface area contributed by atoms with Crippen LogP contribution in [0.3, 0.4) is 0 Å². The van der Waals surface area contributed by atoms with Crippen molar-refractivity contribution in [3.63, 3.8) is 0 Å². The maximum Gasteiger partial charge on any atom is 0.251 e. The number of para-hydroxylation sites is 1. The number of fused-ring (bicyclic) bond motifs is 1. The SMILES string of the molecule is CC(=O)n1cc(CN2CCN(C[C@H](NC(=O)c3ccc(C)cc3)C(C)(C)C)CC2)c2ccccc21. The minimum atomic E-state index is -0.0496. The Hall–Kier alpha value is -2.96. The number of hydrogen-bond acceptors (Lipinski definition) is 4. The van der Waals surface area contributed by atoms with Crippen LogP contribution in [0.15, 0.2) is 54.7 Å². The predicted octanol–water partition coefficient (Wildman–Crippen LogP) is 4.57. The van der Waals surface area contributed by atoms with Crippen molar-refractivity contribution in [1.82, 2.24) is 19.7 Å². The Morgan fingerprint density at radius 1 is 0.943 bits per heavy atom. The third kappa shape index (κ3) is 6.00. The Labute approximate surface area is 208 Å². The van der Waals surface area contributed by atoms with Gasteiger partial charge >= 0.3 is 0 Å². The zero-order valence-corrected chi connectivity index (χ0v) is 21.7. The third-order valence-electron chi connectivity index (χ3n) is 7.10. The number of carbonyl (C=O) groups excluding carboxylic acids is 2. The van der Waals surface area contributed by atoms with Crippen molar-refractivity contribution in [2.24, 2.45) is 5.41 Å². The summed E-state index contributed by atoms with van der Waals surface area (Å²) in [6.07, 6.45) is 2.00. The van der Waals surface area contributed by atoms with Crippen LogP contribution in [0, 0.1) is 12.3 Å². The molecule has 3 aromatic rings. The molecule has 2 heterocycles. The van der Waals surface area contributed by atoms with E-state index in [1.165, 1.54) is 5.56 Å². The number of nitrogens with zero attached hydrogens (tertiary/aromatic N) is 3. The van der Waals surface area contributed by atoms with Crippen LogP contribution in [0.5, 0.6) is 0 Å². The molecular weight excluding hydrogens is 436 g/mol. The highest BCUT2D eigenvalue weighted by atomic mass is 16.2. The summed E-state index contributed by atoms with van der Waals surface area (Å²) >= 11 is 0. The second kappa shape index (κ2) is 10.3. The van der Waals surface area contributed by atoms with Crippen molar-refractivity contribution >= 4 is 22.7 Å². The average Bonchev–Trinajstić information content (AvgIpc) is 3.18. The number of rotatable bonds is 6. The van der Waals surface area contributed by atoms with E-state index in [4.69, 9.17) is 0 Å². The molecule has 35 heavy (non-hydrogen) atoms. The van der Waals surface area contributed by atoms with Gasteiger partial charge in [0.1, 0.15) is 0 Å². The Bertz CT molecular complexity index is 1180. The summed E-state index contributed by atoms with van der Waals surface area (Å²) in [6.45, 7) is 15.7. The summed E-state index contributed by atoms with van der Waals surface area (Å²) in [5.41, 5.74) is 3.98. The van der Waals surface area contributed by atoms with Crippen LogP contribution in [0.25, 0.3) is 10.9 Å². The van der Waals surface area contributed by atoms with Crippen LogP contribution in [0.2, 0.25) is 0 Å². The van der Waals surface area contributed by atoms with E-state index >= 15 is 0 Å². The lowest BCUT2D eigenvalue weighted by atomic mass is 9.86. The minimum Gasteiger partial charge on any atom is -0.347 e. The van der Waals surface area contributed by atoms with Crippen molar-refractivity contribution in [2.45, 2.75) is 47.2 Å². The van der Waals surface area contributed by atoms with E-state index in [1.807, 2.05) is 55.6 Å². The molecule has 0 saturated carbocycles. The molecule has 2 aromatic carbocycles. The topological polar surface area (TPSA) is 57.6 Å². The summed E-state index contributed by atoms with van der Waals surface area (Å²) in [4.78, 5) is 29.9. The smallest absolute Gasteiger partial charge is 0.251 e. The molecule has 0 radical (unpaired) electrons. The van der Waals surface area contributed by atoms with E-state index in [1.54, 1.807) is 11.5 Å². The molecule has 1 saturated heterocycles. The fourth-order valence-electron chi connectivity index (χ4n) is 4.75. The molecule has 0 bridgehead atoms. The number of nitrogens with one attached hydrogen (secondary N) is 1. The van der Waals surface area contributed by atoms with Crippen LogP contribution in [0.4, 0.5) is 0 Å². The lowest BCUT2D eigenvalue weighted by Crippen LogP contribution is -2.54. The molecule has 186 valence electrons. The first kappa shape index (κ1) is 25.1. The number of hydrogen-bond donors (Lipinski definition) is 1. The van der Waals surface area contributed by atoms with Crippen molar-refractivity contribution in [2.75, 3.05) is 32.7 Å². The molecule has 1 amide bonds. The standard InChI is InChI=1S/C29H38N4O2/c1-21-10-12-23(13-11-21)28(35)30-27(29(3,4)5)20-32-16-14-31(15-17-32)18-24-19-33(22(2)34)26-9-7-6-8-25(24)26/h6-13,19,27H,14-18,20H2,1-5H3,(H,30,35)/t27-/m0/s1. The molecule has 1 fully saturated rings. The molecule has 4 rings (SSSR count). The van der Waals surface area contributed by atoms with Gasteiger partial charge in [0.2, 0.25) is 5.91 Å². The predicted molar refractivity (Wildman–Crippen MR) is 142 cm³/mol. The zero-order chi connectivity index (χ0) is 25.2. The van der Waals surface area contributed by atoms with Crippen molar-refractivity contribution in [3.8, 4) is 0 Å². The molecule has 1 atom stereocenters. The van der Waals surface area contributed by atoms with Crippen LogP contribution >= 0.6 is 0 Å². The van der Waals surface area contributed by atoms with E-state index in [2.05, 4.69) is 42.0 Å². The van der Waals surface area contributed by atoms with Gasteiger partial charge in [0.25, 0.3) is 5.91 Å². The molecule has 6 nitrogen and oxygen atoms in total. The van der Waals surface area contributed by atoms with Crippen LogP contribution < -0.4 is 5.32 Å². The highest BCUT2D eigenvalue weighted by molar-refractivity contribution is 5.94. The Morgan fingerprint density at radius 3 is 2.20 bits per heavy atom. The number of aryl methyl sites for hydroxylation is 1. The van der Waals surface area contributed by atoms with E-state index in [-0.39, 0.29) is 23.3 Å².